The first-order valence-electron chi connectivity index (χ1n) is 12.1. The quantitative estimate of drug-likeness (QED) is 0.212. The third-order valence-corrected chi connectivity index (χ3v) is 7.25. The van der Waals surface area contributed by atoms with E-state index in [-0.39, 0.29) is 27.9 Å². The van der Waals surface area contributed by atoms with Gasteiger partial charge < -0.3 is 14.7 Å². The van der Waals surface area contributed by atoms with Crippen LogP contribution in [0.5, 0.6) is 0 Å². The second-order valence-corrected chi connectivity index (χ2v) is 9.33. The number of fused-ring (bicyclic) bond motifs is 11. The molecule has 0 N–H and O–H groups in total. The van der Waals surface area contributed by atoms with E-state index >= 15 is 0 Å². The van der Waals surface area contributed by atoms with Crippen LogP contribution in [0.4, 0.5) is 17.1 Å². The Bertz CT molecular complexity index is 1720. The Kier molecular flexibility index (Phi) is 5.27. The van der Waals surface area contributed by atoms with Gasteiger partial charge in [0.25, 0.3) is 0 Å². The van der Waals surface area contributed by atoms with Crippen molar-refractivity contribution in [2.75, 3.05) is 16.8 Å². The topological polar surface area (TPSA) is 52.8 Å². The van der Waals surface area contributed by atoms with Gasteiger partial charge in [0.05, 0.1) is 12.5 Å². The third-order valence-electron chi connectivity index (χ3n) is 7.25. The molecule has 0 saturated carbocycles. The zero-order chi connectivity index (χ0) is 24.5. The molecule has 4 heterocycles. The molecule has 3 aliphatic rings. The van der Waals surface area contributed by atoms with Crippen LogP contribution in [0.1, 0.15) is 0 Å². The molecule has 0 amide bonds. The second kappa shape index (κ2) is 8.71. The summed E-state index contributed by atoms with van der Waals surface area (Å²) in [6.07, 6.45) is 5.33. The average molecular weight is 671 g/mol. The first-order chi connectivity index (χ1) is 18.3. The molecule has 0 aliphatic carbocycles. The van der Waals surface area contributed by atoms with Gasteiger partial charge in [-0.1, -0.05) is 87.2 Å². The number of anilines is 3. The Morgan fingerprint density at radius 2 is 1.39 bits per heavy atom. The summed E-state index contributed by atoms with van der Waals surface area (Å²) in [5, 5.41) is 14.4. The molecule has 8 rings (SSSR count). The van der Waals surface area contributed by atoms with Crippen molar-refractivity contribution >= 4 is 41.2 Å². The minimum Gasteiger partial charge on any atom is -0.483 e. The van der Waals surface area contributed by atoms with Crippen molar-refractivity contribution in [3.8, 4) is 27.9 Å². The number of rotatable bonds is 2. The third kappa shape index (κ3) is 3.30. The minimum atomic E-state index is -0.0138. The van der Waals surface area contributed by atoms with Gasteiger partial charge in [-0.3, -0.25) is 0 Å². The fourth-order valence-corrected chi connectivity index (χ4v) is 5.66. The number of aromatic nitrogens is 3. The molecule has 5 aromatic rings. The summed E-state index contributed by atoms with van der Waals surface area (Å²) < 4.78 is 1.75. The van der Waals surface area contributed by atoms with Crippen molar-refractivity contribution in [3.05, 3.63) is 104 Å². The van der Waals surface area contributed by atoms with Crippen molar-refractivity contribution < 1.29 is 21.1 Å². The van der Waals surface area contributed by atoms with Crippen LogP contribution in [0.25, 0.3) is 27.9 Å². The predicted molar refractivity (Wildman–Crippen MR) is 147 cm³/mol. The molecule has 0 unspecified atom stereocenters. The summed E-state index contributed by atoms with van der Waals surface area (Å²) in [5.41, 5.74) is 11.0. The zero-order valence-corrected chi connectivity index (χ0v) is 22.5. The molecular formula is C29H19BN7Pt-3. The Balaban J connectivity index is 0.00000242. The summed E-state index contributed by atoms with van der Waals surface area (Å²) in [6.45, 7) is 1.93. The molecule has 0 fully saturated rings. The normalized spacial score (nSPS) is 14.3. The van der Waals surface area contributed by atoms with Gasteiger partial charge in [-0.25, -0.2) is 9.78 Å². The number of benzene rings is 4. The number of hydrogen-bond donors (Lipinski definition) is 0. The van der Waals surface area contributed by atoms with Crippen molar-refractivity contribution in [3.63, 3.8) is 0 Å². The fraction of sp³-hybridized carbons (Fsp3) is 0.0345. The summed E-state index contributed by atoms with van der Waals surface area (Å²) in [4.78, 5) is 4.38. The maximum Gasteiger partial charge on any atom is 0.324 e. The molecule has 3 aliphatic heterocycles. The van der Waals surface area contributed by atoms with E-state index in [0.29, 0.717) is 0 Å². The van der Waals surface area contributed by atoms with E-state index in [2.05, 4.69) is 105 Å². The van der Waals surface area contributed by atoms with Gasteiger partial charge in [0.1, 0.15) is 0 Å². The molecule has 38 heavy (non-hydrogen) atoms. The van der Waals surface area contributed by atoms with E-state index in [4.69, 9.17) is 0 Å². The number of hydrazone groups is 1. The molecule has 9 heteroatoms. The van der Waals surface area contributed by atoms with Crippen molar-refractivity contribution in [1.82, 2.24) is 20.0 Å². The molecule has 0 spiro atoms. The van der Waals surface area contributed by atoms with Gasteiger partial charge in [-0.15, -0.1) is 52.8 Å². The number of nitrogens with zero attached hydrogens (tertiary/aromatic N) is 7. The molecule has 0 bridgehead atoms. The molecule has 7 nitrogen and oxygen atoms in total. The Hall–Kier alpha value is -4.16. The maximum absolute atomic E-state index is 4.35. The van der Waals surface area contributed by atoms with E-state index in [1.54, 1.807) is 22.2 Å². The first kappa shape index (κ1) is 23.0. The molecule has 0 radical (unpaired) electrons. The Labute approximate surface area is 235 Å². The van der Waals surface area contributed by atoms with Gasteiger partial charge in [0, 0.05) is 27.3 Å². The molecule has 4 aromatic carbocycles. The van der Waals surface area contributed by atoms with Crippen molar-refractivity contribution in [1.29, 1.82) is 0 Å². The van der Waals surface area contributed by atoms with E-state index in [1.165, 1.54) is 22.1 Å². The van der Waals surface area contributed by atoms with E-state index in [0.717, 1.165) is 33.9 Å². The molecule has 0 saturated heterocycles. The predicted octanol–water partition coefficient (Wildman–Crippen LogP) is 3.58. The van der Waals surface area contributed by atoms with Crippen LogP contribution in [0, 0.1) is 18.8 Å². The van der Waals surface area contributed by atoms with Crippen LogP contribution in [-0.4, -0.2) is 40.2 Å². The standard InChI is InChI=1S/C29H19BN7.Pt/c1-34-19-35(18-32-34)20-10-12-24-22-6-2-4-8-26(22)30-27-9-5-3-7-23(27)25-13-11-21(36-15-14-31-33-36)17-29(25)37(30)28(24)16-20;/h2-15,18-19H,1H3;/q-3;. The van der Waals surface area contributed by atoms with Gasteiger partial charge >= 0.3 is 6.85 Å². The average Bonchev–Trinajstić information content (AvgIpc) is 3.65. The minimum absolute atomic E-state index is 0. The smallest absolute Gasteiger partial charge is 0.324 e. The van der Waals surface area contributed by atoms with Crippen LogP contribution >= 0.6 is 0 Å². The van der Waals surface area contributed by atoms with Crippen LogP contribution in [0.2, 0.25) is 0 Å². The van der Waals surface area contributed by atoms with Gasteiger partial charge in [-0.05, 0) is 12.7 Å². The van der Waals surface area contributed by atoms with Crippen LogP contribution in [0.3, 0.4) is 0 Å². The summed E-state index contributed by atoms with van der Waals surface area (Å²) in [7, 11) is 1.92. The largest absolute Gasteiger partial charge is 0.483 e. The zero-order valence-electron chi connectivity index (χ0n) is 20.3. The molecule has 0 atom stereocenters. The summed E-state index contributed by atoms with van der Waals surface area (Å²) in [6, 6.07) is 33.3. The SMILES string of the molecule is CN1[CH-]N(c2[c-]c3c(cc2)-c2ccccc2B2c4ccccc4-c4ccc(-n5ccnn5)[c-]c4N23)C=N1.[Pt]. The molecule has 186 valence electrons. The van der Waals surface area contributed by atoms with E-state index < -0.39 is 0 Å². The first-order valence-corrected chi connectivity index (χ1v) is 12.1. The van der Waals surface area contributed by atoms with Crippen LogP contribution in [-0.2, 0) is 21.1 Å². The summed E-state index contributed by atoms with van der Waals surface area (Å²) >= 11 is 0. The summed E-state index contributed by atoms with van der Waals surface area (Å²) in [5.74, 6) is 0. The monoisotopic (exact) mass is 671 g/mol. The van der Waals surface area contributed by atoms with E-state index in [1.807, 2.05) is 24.8 Å². The number of hydrogen-bond acceptors (Lipinski definition) is 6. The second-order valence-electron chi connectivity index (χ2n) is 9.33. The van der Waals surface area contributed by atoms with Crippen molar-refractivity contribution in [2.45, 2.75) is 0 Å². The molecule has 1 aromatic heterocycles. The van der Waals surface area contributed by atoms with Crippen molar-refractivity contribution in [2.24, 2.45) is 5.10 Å². The fourth-order valence-electron chi connectivity index (χ4n) is 5.66. The maximum atomic E-state index is 4.35. The Morgan fingerprint density at radius 1 is 0.763 bits per heavy atom. The Morgan fingerprint density at radius 3 is 2.00 bits per heavy atom. The molecular weight excluding hydrogens is 652 g/mol. The van der Waals surface area contributed by atoms with Gasteiger partial charge in [0.15, 0.2) is 0 Å². The van der Waals surface area contributed by atoms with Crippen LogP contribution in [0.15, 0.2) is 90.3 Å². The van der Waals surface area contributed by atoms with Gasteiger partial charge in [-0.2, -0.15) is 12.1 Å². The van der Waals surface area contributed by atoms with E-state index in [9.17, 15) is 0 Å². The van der Waals surface area contributed by atoms with Gasteiger partial charge in [0.2, 0.25) is 0 Å². The van der Waals surface area contributed by atoms with Crippen LogP contribution < -0.4 is 20.6 Å².